The van der Waals surface area contributed by atoms with Gasteiger partial charge in [0, 0.05) is 16.2 Å². The van der Waals surface area contributed by atoms with Crippen LogP contribution in [0.5, 0.6) is 0 Å². The highest BCUT2D eigenvalue weighted by Crippen LogP contribution is 2.43. The molecule has 2 rings (SSSR count). The number of carbonyl (C=O) groups excluding carboxylic acids is 1. The number of benzene rings is 1. The molecule has 0 fully saturated rings. The van der Waals surface area contributed by atoms with Crippen LogP contribution in [0.4, 0.5) is 0 Å². The van der Waals surface area contributed by atoms with Crippen LogP contribution in [0.25, 0.3) is 0 Å². The molecule has 0 atom stereocenters. The summed E-state index contributed by atoms with van der Waals surface area (Å²) in [5.74, 6) is 0.0173. The van der Waals surface area contributed by atoms with Crippen LogP contribution in [-0.4, -0.2) is 10.9 Å². The Labute approximate surface area is 143 Å². The Kier molecular flexibility index (Phi) is 4.38. The van der Waals surface area contributed by atoms with E-state index in [0.29, 0.717) is 21.7 Å². The summed E-state index contributed by atoms with van der Waals surface area (Å²) in [6.45, 7) is 11.9. The third kappa shape index (κ3) is 3.59. The maximum Gasteiger partial charge on any atom is 0.185 e. The van der Waals surface area contributed by atoms with Gasteiger partial charge in [-0.15, -0.1) is 0 Å². The summed E-state index contributed by atoms with van der Waals surface area (Å²) in [4.78, 5) is 12.9. The van der Waals surface area contributed by atoms with Crippen LogP contribution in [-0.2, 0) is 10.4 Å². The molecule has 0 saturated heterocycles. The fourth-order valence-corrected chi connectivity index (χ4v) is 2.88. The first-order chi connectivity index (χ1) is 10.3. The zero-order valence-corrected chi connectivity index (χ0v) is 15.5. The van der Waals surface area contributed by atoms with E-state index in [1.54, 1.807) is 36.4 Å². The molecule has 0 radical (unpaired) electrons. The first-order valence-electron chi connectivity index (χ1n) is 7.84. The van der Waals surface area contributed by atoms with Crippen molar-refractivity contribution in [2.24, 2.45) is 10.8 Å². The van der Waals surface area contributed by atoms with E-state index in [1.165, 1.54) is 0 Å². The average Bonchev–Trinajstić information content (AvgIpc) is 2.39. The van der Waals surface area contributed by atoms with Gasteiger partial charge < -0.3 is 5.11 Å². The van der Waals surface area contributed by atoms with Crippen molar-refractivity contribution in [1.82, 2.24) is 0 Å². The second-order valence-corrected chi connectivity index (χ2v) is 8.71. The van der Waals surface area contributed by atoms with Gasteiger partial charge in [0.25, 0.3) is 0 Å². The van der Waals surface area contributed by atoms with Gasteiger partial charge in [0.2, 0.25) is 0 Å². The molecule has 0 amide bonds. The molecular formula is C20H25ClO2. The first-order valence-corrected chi connectivity index (χ1v) is 8.22. The van der Waals surface area contributed by atoms with Gasteiger partial charge >= 0.3 is 0 Å². The van der Waals surface area contributed by atoms with E-state index in [0.717, 1.165) is 0 Å². The number of hydrogen-bond acceptors (Lipinski definition) is 2. The topological polar surface area (TPSA) is 37.3 Å². The van der Waals surface area contributed by atoms with Gasteiger partial charge in [0.15, 0.2) is 5.78 Å². The van der Waals surface area contributed by atoms with Crippen LogP contribution in [0.3, 0.4) is 0 Å². The van der Waals surface area contributed by atoms with E-state index in [2.05, 4.69) is 0 Å². The van der Waals surface area contributed by atoms with Crippen molar-refractivity contribution in [1.29, 1.82) is 0 Å². The molecule has 0 bridgehead atoms. The van der Waals surface area contributed by atoms with Gasteiger partial charge in [-0.05, 0) is 40.7 Å². The van der Waals surface area contributed by atoms with Gasteiger partial charge in [-0.1, -0.05) is 65.3 Å². The van der Waals surface area contributed by atoms with Crippen molar-refractivity contribution in [3.63, 3.8) is 0 Å². The molecule has 3 heteroatoms. The molecule has 1 aliphatic rings. The Morgan fingerprint density at radius 3 is 1.61 bits per heavy atom. The van der Waals surface area contributed by atoms with Gasteiger partial charge in [-0.25, -0.2) is 0 Å². The molecule has 0 heterocycles. The number of carbonyl (C=O) groups is 1. The van der Waals surface area contributed by atoms with E-state index in [4.69, 9.17) is 11.6 Å². The largest absolute Gasteiger partial charge is 0.377 e. The number of aliphatic hydroxyl groups is 1. The van der Waals surface area contributed by atoms with Crippen molar-refractivity contribution in [2.75, 3.05) is 0 Å². The number of rotatable bonds is 1. The SMILES string of the molecule is CC(C)(C)C1=CC(O)(c2ccc(Cl)cc2)C=C(C(C)(C)C)C1=O. The van der Waals surface area contributed by atoms with Crippen LogP contribution in [0.15, 0.2) is 47.6 Å². The Balaban J connectivity index is 2.69. The predicted octanol–water partition coefficient (Wildman–Crippen LogP) is 5.06. The quantitative estimate of drug-likeness (QED) is 0.780. The third-order valence-corrected chi connectivity index (χ3v) is 4.39. The molecule has 2 nitrogen and oxygen atoms in total. The number of hydrogen-bond donors (Lipinski definition) is 1. The summed E-state index contributed by atoms with van der Waals surface area (Å²) in [5.41, 5.74) is -0.00328. The van der Waals surface area contributed by atoms with E-state index < -0.39 is 5.60 Å². The smallest absolute Gasteiger partial charge is 0.185 e. The highest BCUT2D eigenvalue weighted by atomic mass is 35.5. The molecule has 0 aromatic heterocycles. The molecule has 124 valence electrons. The van der Waals surface area contributed by atoms with Crippen molar-refractivity contribution >= 4 is 17.4 Å². The van der Waals surface area contributed by atoms with Crippen LogP contribution >= 0.6 is 11.6 Å². The zero-order chi connectivity index (χ0) is 17.6. The van der Waals surface area contributed by atoms with Gasteiger partial charge in [-0.2, -0.15) is 0 Å². The number of halogens is 1. The monoisotopic (exact) mass is 332 g/mol. The van der Waals surface area contributed by atoms with Crippen molar-refractivity contribution in [3.8, 4) is 0 Å². The van der Waals surface area contributed by atoms with Gasteiger partial charge in [-0.3, -0.25) is 4.79 Å². The van der Waals surface area contributed by atoms with Gasteiger partial charge in [0.1, 0.15) is 5.60 Å². The van der Waals surface area contributed by atoms with Gasteiger partial charge in [0.05, 0.1) is 0 Å². The lowest BCUT2D eigenvalue weighted by Gasteiger charge is -2.37. The predicted molar refractivity (Wildman–Crippen MR) is 95.4 cm³/mol. The third-order valence-electron chi connectivity index (χ3n) is 4.14. The molecule has 23 heavy (non-hydrogen) atoms. The highest BCUT2D eigenvalue weighted by molar-refractivity contribution is 6.30. The fraction of sp³-hybridized carbons (Fsp3) is 0.450. The summed E-state index contributed by atoms with van der Waals surface area (Å²) in [7, 11) is 0. The molecule has 1 aliphatic carbocycles. The second kappa shape index (κ2) is 5.61. The number of ketones is 1. The van der Waals surface area contributed by atoms with Crippen LogP contribution in [0.1, 0.15) is 47.1 Å². The molecule has 0 unspecified atom stereocenters. The minimum Gasteiger partial charge on any atom is -0.377 e. The molecule has 0 spiro atoms. The number of allylic oxidation sites excluding steroid dienone is 2. The molecule has 1 aromatic carbocycles. The maximum absolute atomic E-state index is 12.9. The Bertz CT molecular complexity index is 646. The molecular weight excluding hydrogens is 308 g/mol. The van der Waals surface area contributed by atoms with E-state index in [1.807, 2.05) is 41.5 Å². The number of Topliss-reactive ketones (excluding diaryl/α,β-unsaturated/α-hetero) is 1. The summed E-state index contributed by atoms with van der Waals surface area (Å²) < 4.78 is 0. The first kappa shape index (κ1) is 18.0. The van der Waals surface area contributed by atoms with Crippen molar-refractivity contribution in [2.45, 2.75) is 47.1 Å². The molecule has 1 aromatic rings. The minimum absolute atomic E-state index is 0.0173. The summed E-state index contributed by atoms with van der Waals surface area (Å²) in [6.07, 6.45) is 3.38. The van der Waals surface area contributed by atoms with Crippen LogP contribution in [0, 0.1) is 10.8 Å². The van der Waals surface area contributed by atoms with Crippen LogP contribution in [0.2, 0.25) is 5.02 Å². The maximum atomic E-state index is 12.9. The summed E-state index contributed by atoms with van der Waals surface area (Å²) in [6, 6.07) is 7.10. The lowest BCUT2D eigenvalue weighted by Crippen LogP contribution is -2.35. The zero-order valence-electron chi connectivity index (χ0n) is 14.7. The highest BCUT2D eigenvalue weighted by Gasteiger charge is 2.40. The summed E-state index contributed by atoms with van der Waals surface area (Å²) in [5, 5.41) is 11.9. The molecule has 0 saturated carbocycles. The molecule has 0 aliphatic heterocycles. The second-order valence-electron chi connectivity index (χ2n) is 8.28. The minimum atomic E-state index is -1.30. The lowest BCUT2D eigenvalue weighted by molar-refractivity contribution is -0.114. The van der Waals surface area contributed by atoms with E-state index in [-0.39, 0.29) is 16.6 Å². The fourth-order valence-electron chi connectivity index (χ4n) is 2.76. The molecule has 1 N–H and O–H groups in total. The normalized spacial score (nSPS) is 18.5. The summed E-state index contributed by atoms with van der Waals surface area (Å²) >= 11 is 5.96. The lowest BCUT2D eigenvalue weighted by atomic mass is 9.68. The Morgan fingerprint density at radius 2 is 1.26 bits per heavy atom. The Morgan fingerprint density at radius 1 is 0.870 bits per heavy atom. The van der Waals surface area contributed by atoms with E-state index >= 15 is 0 Å². The average molecular weight is 333 g/mol. The Hall–Kier alpha value is -1.38. The standard InChI is InChI=1S/C20H25ClO2/c1-18(2,3)15-11-20(23,13-7-9-14(21)10-8-13)12-16(17(15)22)19(4,5)6/h7-12,23H,1-6H3. The van der Waals surface area contributed by atoms with Crippen LogP contribution < -0.4 is 0 Å². The van der Waals surface area contributed by atoms with E-state index in [9.17, 15) is 9.90 Å². The van der Waals surface area contributed by atoms with Crippen molar-refractivity contribution < 1.29 is 9.90 Å². The van der Waals surface area contributed by atoms with Crippen molar-refractivity contribution in [3.05, 3.63) is 58.1 Å².